The Balaban J connectivity index is 2.14. The number of rotatable bonds is 2. The minimum atomic E-state index is 0.537. The van der Waals surface area contributed by atoms with E-state index >= 15 is 0 Å². The lowest BCUT2D eigenvalue weighted by atomic mass is 10.2. The highest BCUT2D eigenvalue weighted by atomic mass is 32.2. The lowest BCUT2D eigenvalue weighted by Crippen LogP contribution is -2.17. The van der Waals surface area contributed by atoms with Crippen LogP contribution in [0.3, 0.4) is 0 Å². The fourth-order valence-corrected chi connectivity index (χ4v) is 2.90. The van der Waals surface area contributed by atoms with Gasteiger partial charge in [0, 0.05) is 24.7 Å². The van der Waals surface area contributed by atoms with Gasteiger partial charge in [-0.1, -0.05) is 0 Å². The summed E-state index contributed by atoms with van der Waals surface area (Å²) >= 11 is 1.72. The maximum Gasteiger partial charge on any atom is 0.114 e. The number of pyridine rings is 1. The van der Waals surface area contributed by atoms with Crippen molar-refractivity contribution in [3.05, 3.63) is 23.4 Å². The zero-order valence-corrected chi connectivity index (χ0v) is 10.1. The van der Waals surface area contributed by atoms with Crippen molar-refractivity contribution in [2.24, 2.45) is 0 Å². The van der Waals surface area contributed by atoms with Crippen LogP contribution in [0.1, 0.15) is 24.0 Å². The molecule has 0 unspecified atom stereocenters. The van der Waals surface area contributed by atoms with Gasteiger partial charge in [0.15, 0.2) is 0 Å². The molecule has 2 rings (SSSR count). The molecule has 0 spiro atoms. The highest BCUT2D eigenvalue weighted by Crippen LogP contribution is 2.31. The molecule has 4 heteroatoms. The Morgan fingerprint density at radius 1 is 1.50 bits per heavy atom. The quantitative estimate of drug-likeness (QED) is 0.789. The number of hydrogen-bond acceptors (Lipinski definition) is 4. The van der Waals surface area contributed by atoms with Crippen molar-refractivity contribution in [2.75, 3.05) is 13.2 Å². The van der Waals surface area contributed by atoms with Gasteiger partial charge in [0.05, 0.1) is 5.56 Å². The van der Waals surface area contributed by atoms with E-state index in [1.165, 1.54) is 0 Å². The Labute approximate surface area is 99.8 Å². The first-order valence-corrected chi connectivity index (χ1v) is 6.29. The number of nitrogens with zero attached hydrogens (tertiary/aromatic N) is 2. The van der Waals surface area contributed by atoms with Crippen molar-refractivity contribution in [1.29, 1.82) is 5.26 Å². The van der Waals surface area contributed by atoms with Crippen molar-refractivity contribution in [1.82, 2.24) is 4.98 Å². The van der Waals surface area contributed by atoms with Gasteiger partial charge >= 0.3 is 0 Å². The average Bonchev–Trinajstić information content (AvgIpc) is 2.31. The maximum absolute atomic E-state index is 9.10. The first-order valence-electron chi connectivity index (χ1n) is 5.41. The van der Waals surface area contributed by atoms with Gasteiger partial charge in [-0.15, -0.1) is 11.8 Å². The van der Waals surface area contributed by atoms with Crippen LogP contribution in [0.25, 0.3) is 0 Å². The summed E-state index contributed by atoms with van der Waals surface area (Å²) < 4.78 is 5.32. The van der Waals surface area contributed by atoms with Crippen LogP contribution in [0, 0.1) is 18.3 Å². The molecule has 1 fully saturated rings. The molecular weight excluding hydrogens is 220 g/mol. The number of aryl methyl sites for hydroxylation is 1. The molecule has 0 radical (unpaired) electrons. The van der Waals surface area contributed by atoms with Gasteiger partial charge in [-0.05, 0) is 31.4 Å². The molecule has 16 heavy (non-hydrogen) atoms. The van der Waals surface area contributed by atoms with Crippen molar-refractivity contribution < 1.29 is 4.74 Å². The van der Waals surface area contributed by atoms with E-state index in [4.69, 9.17) is 10.00 Å². The summed E-state index contributed by atoms with van der Waals surface area (Å²) in [7, 11) is 0. The molecule has 0 saturated carbocycles. The van der Waals surface area contributed by atoms with Crippen LogP contribution in [-0.4, -0.2) is 23.4 Å². The van der Waals surface area contributed by atoms with Crippen LogP contribution >= 0.6 is 11.8 Å². The maximum atomic E-state index is 9.10. The zero-order valence-electron chi connectivity index (χ0n) is 9.27. The molecule has 0 amide bonds. The van der Waals surface area contributed by atoms with E-state index in [0.717, 1.165) is 42.2 Å². The van der Waals surface area contributed by atoms with Crippen LogP contribution in [0.5, 0.6) is 0 Å². The largest absolute Gasteiger partial charge is 0.381 e. The number of nitriles is 1. The zero-order chi connectivity index (χ0) is 11.4. The second-order valence-electron chi connectivity index (χ2n) is 3.85. The Bertz CT molecular complexity index is 408. The third-order valence-electron chi connectivity index (χ3n) is 2.68. The van der Waals surface area contributed by atoms with Crippen LogP contribution in [0.4, 0.5) is 0 Å². The Morgan fingerprint density at radius 2 is 2.25 bits per heavy atom. The van der Waals surface area contributed by atoms with Crippen LogP contribution in [0.15, 0.2) is 17.3 Å². The average molecular weight is 234 g/mol. The summed E-state index contributed by atoms with van der Waals surface area (Å²) in [6.07, 6.45) is 3.87. The summed E-state index contributed by atoms with van der Waals surface area (Å²) in [4.78, 5) is 4.30. The Morgan fingerprint density at radius 3 is 2.94 bits per heavy atom. The van der Waals surface area contributed by atoms with Crippen molar-refractivity contribution in [3.63, 3.8) is 0 Å². The Hall–Kier alpha value is -1.05. The van der Waals surface area contributed by atoms with E-state index in [9.17, 15) is 0 Å². The van der Waals surface area contributed by atoms with E-state index in [1.807, 2.05) is 13.0 Å². The first kappa shape index (κ1) is 11.4. The van der Waals surface area contributed by atoms with Crippen LogP contribution in [-0.2, 0) is 4.74 Å². The van der Waals surface area contributed by atoms with Crippen molar-refractivity contribution in [3.8, 4) is 6.07 Å². The monoisotopic (exact) mass is 234 g/mol. The molecule has 1 saturated heterocycles. The molecule has 3 nitrogen and oxygen atoms in total. The van der Waals surface area contributed by atoms with Gasteiger partial charge in [0.2, 0.25) is 0 Å². The molecule has 1 aliphatic heterocycles. The highest BCUT2D eigenvalue weighted by Gasteiger charge is 2.18. The summed E-state index contributed by atoms with van der Waals surface area (Å²) in [6.45, 7) is 3.60. The van der Waals surface area contributed by atoms with Gasteiger partial charge in [-0.3, -0.25) is 0 Å². The number of aromatic nitrogens is 1. The second kappa shape index (κ2) is 5.33. The van der Waals surface area contributed by atoms with Crippen molar-refractivity contribution >= 4 is 11.8 Å². The molecule has 0 aliphatic carbocycles. The number of ether oxygens (including phenoxy) is 1. The predicted molar refractivity (Wildman–Crippen MR) is 63.4 cm³/mol. The van der Waals surface area contributed by atoms with E-state index < -0.39 is 0 Å². The topological polar surface area (TPSA) is 45.9 Å². The first-order chi connectivity index (χ1) is 7.81. The van der Waals surface area contributed by atoms with Gasteiger partial charge < -0.3 is 4.74 Å². The lowest BCUT2D eigenvalue weighted by molar-refractivity contribution is 0.1000. The fraction of sp³-hybridized carbons (Fsp3) is 0.500. The van der Waals surface area contributed by atoms with E-state index in [2.05, 4.69) is 11.1 Å². The highest BCUT2D eigenvalue weighted by molar-refractivity contribution is 7.99. The molecule has 1 aliphatic rings. The minimum absolute atomic E-state index is 0.537. The molecular formula is C12H14N2OS. The Kier molecular flexibility index (Phi) is 3.81. The molecule has 0 atom stereocenters. The molecule has 0 bridgehead atoms. The molecule has 1 aromatic heterocycles. The third-order valence-corrected chi connectivity index (χ3v) is 4.02. The SMILES string of the molecule is Cc1ccnc(SC2CCOCC2)c1C#N. The van der Waals surface area contributed by atoms with Gasteiger partial charge in [-0.25, -0.2) is 4.98 Å². The number of hydrogen-bond donors (Lipinski definition) is 0. The molecule has 0 aromatic carbocycles. The molecule has 0 N–H and O–H groups in total. The molecule has 84 valence electrons. The van der Waals surface area contributed by atoms with E-state index in [1.54, 1.807) is 18.0 Å². The summed E-state index contributed by atoms with van der Waals surface area (Å²) in [5.74, 6) is 0. The second-order valence-corrected chi connectivity index (χ2v) is 5.14. The lowest BCUT2D eigenvalue weighted by Gasteiger charge is -2.21. The molecule has 2 heterocycles. The van der Waals surface area contributed by atoms with E-state index in [-0.39, 0.29) is 0 Å². The predicted octanol–water partition coefficient (Wildman–Crippen LogP) is 2.53. The van der Waals surface area contributed by atoms with Gasteiger partial charge in [-0.2, -0.15) is 5.26 Å². The summed E-state index contributed by atoms with van der Waals surface area (Å²) in [5.41, 5.74) is 1.73. The molecule has 1 aromatic rings. The fourth-order valence-electron chi connectivity index (χ4n) is 1.71. The third kappa shape index (κ3) is 2.55. The number of thioether (sulfide) groups is 1. The normalized spacial score (nSPS) is 17.0. The minimum Gasteiger partial charge on any atom is -0.381 e. The smallest absolute Gasteiger partial charge is 0.114 e. The van der Waals surface area contributed by atoms with Crippen LogP contribution in [0.2, 0.25) is 0 Å². The van der Waals surface area contributed by atoms with Crippen molar-refractivity contribution in [2.45, 2.75) is 30.0 Å². The van der Waals surface area contributed by atoms with E-state index in [0.29, 0.717) is 5.25 Å². The van der Waals surface area contributed by atoms with Gasteiger partial charge in [0.1, 0.15) is 11.1 Å². The standard InChI is InChI=1S/C12H14N2OS/c1-9-2-5-14-12(11(9)8-13)16-10-3-6-15-7-4-10/h2,5,10H,3-4,6-7H2,1H3. The summed E-state index contributed by atoms with van der Waals surface area (Å²) in [6, 6.07) is 4.12. The van der Waals surface area contributed by atoms with Gasteiger partial charge in [0.25, 0.3) is 0 Å². The summed E-state index contributed by atoms with van der Waals surface area (Å²) in [5, 5.41) is 10.5. The van der Waals surface area contributed by atoms with Crippen LogP contribution < -0.4 is 0 Å².